The van der Waals surface area contributed by atoms with Crippen molar-refractivity contribution in [3.8, 4) is 11.5 Å². The summed E-state index contributed by atoms with van der Waals surface area (Å²) in [7, 11) is 1.53. The Morgan fingerprint density at radius 2 is 2.03 bits per heavy atom. The molecule has 0 saturated carbocycles. The van der Waals surface area contributed by atoms with Gasteiger partial charge in [0.05, 0.1) is 19.1 Å². The molecule has 1 atom stereocenters. The first kappa shape index (κ1) is 21.1. The molecule has 7 nitrogen and oxygen atoms in total. The third-order valence-corrected chi connectivity index (χ3v) is 6.09. The van der Waals surface area contributed by atoms with Crippen molar-refractivity contribution in [3.05, 3.63) is 58.8 Å². The number of benzene rings is 2. The molecule has 0 amide bonds. The molecule has 2 aromatic rings. The van der Waals surface area contributed by atoms with Crippen LogP contribution < -0.4 is 19.9 Å². The van der Waals surface area contributed by atoms with Gasteiger partial charge in [-0.25, -0.2) is 0 Å². The second-order valence-corrected chi connectivity index (χ2v) is 8.28. The third kappa shape index (κ3) is 3.20. The van der Waals surface area contributed by atoms with Crippen LogP contribution in [0.3, 0.4) is 0 Å². The van der Waals surface area contributed by atoms with Gasteiger partial charge in [-0.05, 0) is 50.1 Å². The minimum absolute atomic E-state index is 0.0443. The van der Waals surface area contributed by atoms with Crippen molar-refractivity contribution in [3.63, 3.8) is 0 Å². The summed E-state index contributed by atoms with van der Waals surface area (Å²) in [6, 6.07) is 11.3. The number of nitrogens with one attached hydrogen (secondary N) is 1. The molecule has 1 spiro atoms. The fourth-order valence-corrected chi connectivity index (χ4v) is 4.48. The van der Waals surface area contributed by atoms with Crippen molar-refractivity contribution in [1.29, 1.82) is 0 Å². The van der Waals surface area contributed by atoms with E-state index in [4.69, 9.17) is 14.2 Å². The first-order valence-electron chi connectivity index (χ1n) is 10.4. The van der Waals surface area contributed by atoms with Crippen LogP contribution in [-0.4, -0.2) is 32.0 Å². The molecule has 0 radical (unpaired) electrons. The highest BCUT2D eigenvalue weighted by atomic mass is 16.6. The normalized spacial score (nSPS) is 20.1. The van der Waals surface area contributed by atoms with E-state index in [-0.39, 0.29) is 12.5 Å². The first-order chi connectivity index (χ1) is 14.9. The highest BCUT2D eigenvalue weighted by Crippen LogP contribution is 2.56. The Morgan fingerprint density at radius 1 is 1.26 bits per heavy atom. The maximum absolute atomic E-state index is 12.6. The van der Waals surface area contributed by atoms with E-state index in [1.165, 1.54) is 7.11 Å². The highest BCUT2D eigenvalue weighted by molar-refractivity contribution is 5.82. The largest absolute Gasteiger partial charge is 0.761 e. The Bertz CT molecular complexity index is 1030. The molecular formula is C24H27N2O5-. The molecule has 0 fully saturated rings. The standard InChI is InChI=1S/C24H27N2O5/c1-5-12-30-21(27)15-26-19-9-7-6-8-18(19)23(2,3)24(26)11-10-16-13-17(25-28)14-20(29-4)22(16)31-24/h6-11,13-14,25H,5,12,15H2,1-4H3/q-1. The number of ether oxygens (including phenoxy) is 3. The molecule has 4 rings (SSSR count). The molecule has 31 heavy (non-hydrogen) atoms. The number of carbonyl (C=O) groups excluding carboxylic acids is 1. The number of anilines is 2. The molecule has 0 aliphatic carbocycles. The van der Waals surface area contributed by atoms with E-state index >= 15 is 0 Å². The van der Waals surface area contributed by atoms with Gasteiger partial charge in [-0.1, -0.05) is 25.1 Å². The van der Waals surface area contributed by atoms with Crippen LogP contribution in [0.25, 0.3) is 6.08 Å². The van der Waals surface area contributed by atoms with E-state index in [1.807, 2.05) is 47.7 Å². The van der Waals surface area contributed by atoms with Crippen LogP contribution >= 0.6 is 0 Å². The smallest absolute Gasteiger partial charge is 0.325 e. The highest BCUT2D eigenvalue weighted by Gasteiger charge is 2.59. The number of methoxy groups -OCH3 is 1. The zero-order valence-electron chi connectivity index (χ0n) is 18.2. The molecular weight excluding hydrogens is 396 g/mol. The minimum Gasteiger partial charge on any atom is -0.761 e. The van der Waals surface area contributed by atoms with Crippen molar-refractivity contribution in [2.75, 3.05) is 30.6 Å². The van der Waals surface area contributed by atoms with E-state index in [0.717, 1.165) is 23.2 Å². The molecule has 7 heteroatoms. The van der Waals surface area contributed by atoms with Crippen LogP contribution in [-0.2, 0) is 14.9 Å². The fourth-order valence-electron chi connectivity index (χ4n) is 4.48. The van der Waals surface area contributed by atoms with Crippen molar-refractivity contribution in [2.45, 2.75) is 38.3 Å². The predicted octanol–water partition coefficient (Wildman–Crippen LogP) is 4.46. The van der Waals surface area contributed by atoms with Gasteiger partial charge in [-0.2, -0.15) is 0 Å². The molecule has 1 unspecified atom stereocenters. The zero-order valence-corrected chi connectivity index (χ0v) is 18.2. The molecule has 2 aromatic carbocycles. The van der Waals surface area contributed by atoms with E-state index in [9.17, 15) is 10.0 Å². The maximum atomic E-state index is 12.6. The number of esters is 1. The number of nitrogens with zero attached hydrogens (tertiary/aromatic N) is 1. The summed E-state index contributed by atoms with van der Waals surface area (Å²) in [6.45, 7) is 6.58. The van der Waals surface area contributed by atoms with Gasteiger partial charge in [0, 0.05) is 23.0 Å². The Balaban J connectivity index is 1.83. The van der Waals surface area contributed by atoms with Crippen LogP contribution in [0.5, 0.6) is 11.5 Å². The van der Waals surface area contributed by atoms with E-state index in [0.29, 0.717) is 23.8 Å². The molecule has 2 heterocycles. The second kappa shape index (κ2) is 7.81. The summed E-state index contributed by atoms with van der Waals surface area (Å²) in [5, 5.41) is 11.2. The zero-order chi connectivity index (χ0) is 22.2. The van der Waals surface area contributed by atoms with Crippen LogP contribution in [0.2, 0.25) is 0 Å². The molecule has 0 bridgehead atoms. The lowest BCUT2D eigenvalue weighted by molar-refractivity contribution is -0.142. The number of para-hydroxylation sites is 1. The van der Waals surface area contributed by atoms with Gasteiger partial charge in [0.15, 0.2) is 11.5 Å². The van der Waals surface area contributed by atoms with Crippen molar-refractivity contribution >= 4 is 23.4 Å². The Labute approximate surface area is 182 Å². The van der Waals surface area contributed by atoms with E-state index in [2.05, 4.69) is 19.9 Å². The van der Waals surface area contributed by atoms with Crippen LogP contribution in [0.4, 0.5) is 11.4 Å². The van der Waals surface area contributed by atoms with Gasteiger partial charge in [0.2, 0.25) is 5.72 Å². The molecule has 1 N–H and O–H groups in total. The summed E-state index contributed by atoms with van der Waals surface area (Å²) in [5.74, 6) is 0.658. The van der Waals surface area contributed by atoms with Gasteiger partial charge >= 0.3 is 5.97 Å². The third-order valence-electron chi connectivity index (χ3n) is 6.09. The van der Waals surface area contributed by atoms with Gasteiger partial charge in [-0.15, -0.1) is 0 Å². The first-order valence-corrected chi connectivity index (χ1v) is 10.4. The van der Waals surface area contributed by atoms with E-state index < -0.39 is 11.1 Å². The number of hydrogen-bond acceptors (Lipinski definition) is 7. The van der Waals surface area contributed by atoms with Gasteiger partial charge in [-0.3, -0.25) is 4.79 Å². The summed E-state index contributed by atoms with van der Waals surface area (Å²) in [6.07, 6.45) is 4.63. The summed E-state index contributed by atoms with van der Waals surface area (Å²) < 4.78 is 17.6. The fraction of sp³-hybridized carbons (Fsp3) is 0.375. The molecule has 164 valence electrons. The maximum Gasteiger partial charge on any atom is 0.325 e. The van der Waals surface area contributed by atoms with Gasteiger partial charge in [0.1, 0.15) is 6.54 Å². The average molecular weight is 423 g/mol. The monoisotopic (exact) mass is 423 g/mol. The Hall–Kier alpha value is -3.19. The Morgan fingerprint density at radius 3 is 2.74 bits per heavy atom. The molecule has 2 aliphatic rings. The second-order valence-electron chi connectivity index (χ2n) is 8.28. The lowest BCUT2D eigenvalue weighted by Crippen LogP contribution is -2.60. The van der Waals surface area contributed by atoms with Crippen LogP contribution in [0, 0.1) is 5.21 Å². The minimum atomic E-state index is -0.978. The number of fused-ring (bicyclic) bond motifs is 2. The molecule has 0 aromatic heterocycles. The Kier molecular flexibility index (Phi) is 5.31. The van der Waals surface area contributed by atoms with Crippen LogP contribution in [0.15, 0.2) is 42.5 Å². The van der Waals surface area contributed by atoms with Crippen molar-refractivity contribution < 1.29 is 19.0 Å². The predicted molar refractivity (Wildman–Crippen MR) is 120 cm³/mol. The number of hydrogen-bond donors (Lipinski definition) is 1. The molecule has 0 saturated heterocycles. The van der Waals surface area contributed by atoms with E-state index in [1.54, 1.807) is 12.1 Å². The number of carbonyl (C=O) groups is 1. The summed E-state index contributed by atoms with van der Waals surface area (Å²) in [5.41, 5.74) is 3.54. The van der Waals surface area contributed by atoms with Gasteiger partial charge < -0.3 is 29.8 Å². The van der Waals surface area contributed by atoms with Gasteiger partial charge in [0.25, 0.3) is 0 Å². The van der Waals surface area contributed by atoms with Crippen molar-refractivity contribution in [2.24, 2.45) is 0 Å². The van der Waals surface area contributed by atoms with Crippen molar-refractivity contribution in [1.82, 2.24) is 0 Å². The quantitative estimate of drug-likeness (QED) is 0.543. The average Bonchev–Trinajstić information content (AvgIpc) is 2.95. The lowest BCUT2D eigenvalue weighted by Gasteiger charge is -2.47. The summed E-state index contributed by atoms with van der Waals surface area (Å²) >= 11 is 0. The lowest BCUT2D eigenvalue weighted by atomic mass is 9.76. The summed E-state index contributed by atoms with van der Waals surface area (Å²) in [4.78, 5) is 14.6. The van der Waals surface area contributed by atoms with Crippen LogP contribution in [0.1, 0.15) is 38.3 Å². The SMILES string of the molecule is CCCOC(=O)CN1c2ccccc2C(C)(C)C12C=Cc1cc(N[O-])cc(OC)c1O2. The molecule has 2 aliphatic heterocycles. The number of rotatable bonds is 6. The topological polar surface area (TPSA) is 83.1 Å².